The maximum atomic E-state index is 12.0. The molecule has 1 atom stereocenters. The number of ether oxygens (including phenoxy) is 2. The van der Waals surface area contributed by atoms with Crippen molar-refractivity contribution >= 4 is 5.91 Å². The second-order valence-corrected chi connectivity index (χ2v) is 4.93. The standard InChI is InChI=1S/C12H22N2O3/c1-16-12(4-7-17-9-12)8-14-11(15)10-2-5-13-6-3-10/h10,13H,2-9H2,1H3,(H,14,15). The van der Waals surface area contributed by atoms with Crippen LogP contribution in [0.15, 0.2) is 0 Å². The summed E-state index contributed by atoms with van der Waals surface area (Å²) < 4.78 is 10.8. The lowest BCUT2D eigenvalue weighted by Gasteiger charge is -2.28. The average molecular weight is 242 g/mol. The SMILES string of the molecule is COC1(CNC(=O)C2CCNCC2)CCOC1. The monoisotopic (exact) mass is 242 g/mol. The number of rotatable bonds is 4. The Bertz CT molecular complexity index is 258. The Morgan fingerprint density at radius 2 is 2.29 bits per heavy atom. The fourth-order valence-corrected chi connectivity index (χ4v) is 2.44. The van der Waals surface area contributed by atoms with E-state index in [-0.39, 0.29) is 17.4 Å². The minimum Gasteiger partial charge on any atom is -0.378 e. The molecule has 0 radical (unpaired) electrons. The summed E-state index contributed by atoms with van der Waals surface area (Å²) in [4.78, 5) is 12.0. The summed E-state index contributed by atoms with van der Waals surface area (Å²) in [6.45, 7) is 3.74. The summed E-state index contributed by atoms with van der Waals surface area (Å²) >= 11 is 0. The minimum atomic E-state index is -0.303. The van der Waals surface area contributed by atoms with Crippen molar-refractivity contribution in [2.24, 2.45) is 5.92 Å². The van der Waals surface area contributed by atoms with Crippen LogP contribution in [-0.2, 0) is 14.3 Å². The van der Waals surface area contributed by atoms with E-state index in [0.717, 1.165) is 39.0 Å². The van der Waals surface area contributed by atoms with Crippen LogP contribution in [0.25, 0.3) is 0 Å². The molecule has 98 valence electrons. The van der Waals surface area contributed by atoms with Crippen LogP contribution in [0.1, 0.15) is 19.3 Å². The lowest BCUT2D eigenvalue weighted by Crippen LogP contribution is -2.47. The van der Waals surface area contributed by atoms with Crippen molar-refractivity contribution in [1.82, 2.24) is 10.6 Å². The number of amides is 1. The zero-order valence-corrected chi connectivity index (χ0v) is 10.5. The highest BCUT2D eigenvalue weighted by molar-refractivity contribution is 5.78. The third-order valence-corrected chi connectivity index (χ3v) is 3.79. The molecular weight excluding hydrogens is 220 g/mol. The Labute approximate surface area is 102 Å². The third-order valence-electron chi connectivity index (χ3n) is 3.79. The van der Waals surface area contributed by atoms with Gasteiger partial charge in [0.25, 0.3) is 0 Å². The lowest BCUT2D eigenvalue weighted by atomic mass is 9.96. The first kappa shape index (κ1) is 12.8. The van der Waals surface area contributed by atoms with E-state index in [1.54, 1.807) is 7.11 Å². The number of hydrogen-bond donors (Lipinski definition) is 2. The summed E-state index contributed by atoms with van der Waals surface area (Å²) in [5.74, 6) is 0.322. The van der Waals surface area contributed by atoms with Crippen LogP contribution in [0.4, 0.5) is 0 Å². The molecule has 5 nitrogen and oxygen atoms in total. The highest BCUT2D eigenvalue weighted by Gasteiger charge is 2.35. The second-order valence-electron chi connectivity index (χ2n) is 4.93. The molecule has 2 saturated heterocycles. The van der Waals surface area contributed by atoms with E-state index >= 15 is 0 Å². The van der Waals surface area contributed by atoms with Crippen molar-refractivity contribution in [3.8, 4) is 0 Å². The fourth-order valence-electron chi connectivity index (χ4n) is 2.44. The molecule has 2 aliphatic heterocycles. The Morgan fingerprint density at radius 1 is 1.53 bits per heavy atom. The van der Waals surface area contributed by atoms with Gasteiger partial charge >= 0.3 is 0 Å². The molecule has 0 aromatic rings. The van der Waals surface area contributed by atoms with E-state index < -0.39 is 0 Å². The molecule has 0 spiro atoms. The molecule has 2 heterocycles. The van der Waals surface area contributed by atoms with Gasteiger partial charge in [-0.05, 0) is 25.9 Å². The number of carbonyl (C=O) groups is 1. The van der Waals surface area contributed by atoms with Gasteiger partial charge in [-0.15, -0.1) is 0 Å². The van der Waals surface area contributed by atoms with Gasteiger partial charge < -0.3 is 20.1 Å². The molecule has 2 aliphatic rings. The molecule has 2 rings (SSSR count). The zero-order chi connectivity index (χ0) is 12.1. The van der Waals surface area contributed by atoms with E-state index in [0.29, 0.717) is 13.2 Å². The van der Waals surface area contributed by atoms with Gasteiger partial charge in [-0.3, -0.25) is 4.79 Å². The quantitative estimate of drug-likeness (QED) is 0.723. The van der Waals surface area contributed by atoms with Crippen LogP contribution < -0.4 is 10.6 Å². The first-order valence-corrected chi connectivity index (χ1v) is 6.37. The molecule has 2 fully saturated rings. The summed E-state index contributed by atoms with van der Waals surface area (Å²) in [7, 11) is 1.69. The molecule has 1 unspecified atom stereocenters. The van der Waals surface area contributed by atoms with Crippen molar-refractivity contribution in [1.29, 1.82) is 0 Å². The molecule has 1 amide bonds. The van der Waals surface area contributed by atoms with Crippen LogP contribution in [-0.4, -0.2) is 51.5 Å². The summed E-state index contributed by atoms with van der Waals surface area (Å²) in [5.41, 5.74) is -0.303. The zero-order valence-electron chi connectivity index (χ0n) is 10.5. The van der Waals surface area contributed by atoms with Crippen LogP contribution in [0.5, 0.6) is 0 Å². The lowest BCUT2D eigenvalue weighted by molar-refractivity contribution is -0.127. The number of nitrogens with one attached hydrogen (secondary N) is 2. The van der Waals surface area contributed by atoms with E-state index in [9.17, 15) is 4.79 Å². The molecule has 0 aliphatic carbocycles. The Kier molecular flexibility index (Phi) is 4.36. The molecule has 17 heavy (non-hydrogen) atoms. The van der Waals surface area contributed by atoms with Crippen LogP contribution >= 0.6 is 0 Å². The normalized spacial score (nSPS) is 30.4. The number of methoxy groups -OCH3 is 1. The highest BCUT2D eigenvalue weighted by atomic mass is 16.5. The topological polar surface area (TPSA) is 59.6 Å². The predicted octanol–water partition coefficient (Wildman–Crippen LogP) is -0.0923. The van der Waals surface area contributed by atoms with Gasteiger partial charge in [0.15, 0.2) is 0 Å². The van der Waals surface area contributed by atoms with Crippen molar-refractivity contribution < 1.29 is 14.3 Å². The number of carbonyl (C=O) groups excluding carboxylic acids is 1. The van der Waals surface area contributed by atoms with Crippen molar-refractivity contribution in [3.05, 3.63) is 0 Å². The highest BCUT2D eigenvalue weighted by Crippen LogP contribution is 2.22. The van der Waals surface area contributed by atoms with Gasteiger partial charge in [0.05, 0.1) is 6.61 Å². The first-order valence-electron chi connectivity index (χ1n) is 6.37. The smallest absolute Gasteiger partial charge is 0.223 e. The largest absolute Gasteiger partial charge is 0.378 e. The molecule has 0 aromatic heterocycles. The summed E-state index contributed by atoms with van der Waals surface area (Å²) in [5, 5.41) is 6.28. The molecular formula is C12H22N2O3. The fraction of sp³-hybridized carbons (Fsp3) is 0.917. The van der Waals surface area contributed by atoms with E-state index in [2.05, 4.69) is 10.6 Å². The maximum Gasteiger partial charge on any atom is 0.223 e. The minimum absolute atomic E-state index is 0.160. The van der Waals surface area contributed by atoms with Gasteiger partial charge in [0, 0.05) is 32.6 Å². The number of piperidine rings is 1. The van der Waals surface area contributed by atoms with Gasteiger partial charge in [-0.25, -0.2) is 0 Å². The van der Waals surface area contributed by atoms with Crippen molar-refractivity contribution in [2.45, 2.75) is 24.9 Å². The molecule has 0 saturated carbocycles. The number of hydrogen-bond acceptors (Lipinski definition) is 4. The Hall–Kier alpha value is -0.650. The van der Waals surface area contributed by atoms with Crippen LogP contribution in [0.3, 0.4) is 0 Å². The van der Waals surface area contributed by atoms with Crippen molar-refractivity contribution in [2.75, 3.05) is 40.0 Å². The third kappa shape index (κ3) is 3.18. The van der Waals surface area contributed by atoms with Crippen molar-refractivity contribution in [3.63, 3.8) is 0 Å². The Morgan fingerprint density at radius 3 is 2.88 bits per heavy atom. The Balaban J connectivity index is 1.78. The molecule has 0 aromatic carbocycles. The van der Waals surface area contributed by atoms with Gasteiger partial charge in [0.2, 0.25) is 5.91 Å². The van der Waals surface area contributed by atoms with Crippen LogP contribution in [0, 0.1) is 5.92 Å². The summed E-state index contributed by atoms with van der Waals surface area (Å²) in [6, 6.07) is 0. The molecule has 0 bridgehead atoms. The first-order chi connectivity index (χ1) is 8.26. The molecule has 5 heteroatoms. The second kappa shape index (κ2) is 5.80. The van der Waals surface area contributed by atoms with E-state index in [4.69, 9.17) is 9.47 Å². The van der Waals surface area contributed by atoms with Crippen LogP contribution in [0.2, 0.25) is 0 Å². The van der Waals surface area contributed by atoms with Gasteiger partial charge in [0.1, 0.15) is 5.60 Å². The maximum absolute atomic E-state index is 12.0. The van der Waals surface area contributed by atoms with Gasteiger partial charge in [-0.1, -0.05) is 0 Å². The van der Waals surface area contributed by atoms with E-state index in [1.165, 1.54) is 0 Å². The predicted molar refractivity (Wildman–Crippen MR) is 63.8 cm³/mol. The van der Waals surface area contributed by atoms with E-state index in [1.807, 2.05) is 0 Å². The van der Waals surface area contributed by atoms with Gasteiger partial charge in [-0.2, -0.15) is 0 Å². The molecule has 2 N–H and O–H groups in total. The summed E-state index contributed by atoms with van der Waals surface area (Å²) in [6.07, 6.45) is 2.72. The average Bonchev–Trinajstić information content (AvgIpc) is 2.86.